The zero-order valence-corrected chi connectivity index (χ0v) is 7.20. The third kappa shape index (κ3) is 1.77. The Bertz CT molecular complexity index is 410. The number of phenols is 1. The Morgan fingerprint density at radius 3 is 2.62 bits per heavy atom. The molecular formula is C10H8N2O. The number of aryl methyl sites for hydroxylation is 1. The molecular weight excluding hydrogens is 164 g/mol. The molecule has 0 aromatic heterocycles. The molecule has 0 heterocycles. The predicted molar refractivity (Wildman–Crippen MR) is 46.9 cm³/mol. The molecule has 1 aromatic carbocycles. The first kappa shape index (κ1) is 9.09. The minimum atomic E-state index is 0.0173. The SMILES string of the molecule is Cc1cc(CC#N)c(O)cc1C#N. The molecule has 0 amide bonds. The molecule has 1 aromatic rings. The molecule has 1 rings (SSSR count). The Balaban J connectivity index is 3.24. The summed E-state index contributed by atoms with van der Waals surface area (Å²) in [5.74, 6) is 0.0173. The van der Waals surface area contributed by atoms with Crippen LogP contribution in [-0.4, -0.2) is 5.11 Å². The maximum atomic E-state index is 9.38. The van der Waals surface area contributed by atoms with E-state index in [1.165, 1.54) is 6.07 Å². The lowest BCUT2D eigenvalue weighted by molar-refractivity contribution is 0.469. The first-order valence-corrected chi connectivity index (χ1v) is 3.78. The van der Waals surface area contributed by atoms with Crippen LogP contribution in [0.3, 0.4) is 0 Å². The number of hydrogen-bond donors (Lipinski definition) is 1. The summed E-state index contributed by atoms with van der Waals surface area (Å²) in [5.41, 5.74) is 1.80. The van der Waals surface area contributed by atoms with Gasteiger partial charge in [0.15, 0.2) is 0 Å². The second kappa shape index (κ2) is 3.60. The molecule has 0 saturated carbocycles. The van der Waals surface area contributed by atoms with E-state index in [0.29, 0.717) is 11.1 Å². The quantitative estimate of drug-likeness (QED) is 0.700. The minimum Gasteiger partial charge on any atom is -0.508 e. The number of aromatic hydroxyl groups is 1. The van der Waals surface area contributed by atoms with Gasteiger partial charge in [-0.15, -0.1) is 0 Å². The summed E-state index contributed by atoms with van der Waals surface area (Å²) in [4.78, 5) is 0. The van der Waals surface area contributed by atoms with Crippen LogP contribution in [0, 0.1) is 29.6 Å². The van der Waals surface area contributed by atoms with Crippen molar-refractivity contribution in [3.05, 3.63) is 28.8 Å². The van der Waals surface area contributed by atoms with Gasteiger partial charge in [0, 0.05) is 5.56 Å². The molecule has 0 aliphatic heterocycles. The van der Waals surface area contributed by atoms with Crippen molar-refractivity contribution >= 4 is 0 Å². The maximum absolute atomic E-state index is 9.38. The van der Waals surface area contributed by atoms with Gasteiger partial charge in [-0.3, -0.25) is 0 Å². The third-order valence-electron chi connectivity index (χ3n) is 1.82. The number of benzene rings is 1. The fourth-order valence-electron chi connectivity index (χ4n) is 1.10. The highest BCUT2D eigenvalue weighted by Gasteiger charge is 2.05. The minimum absolute atomic E-state index is 0.0173. The number of phenolic OH excluding ortho intramolecular Hbond substituents is 1. The van der Waals surface area contributed by atoms with Crippen LogP contribution >= 0.6 is 0 Å². The van der Waals surface area contributed by atoms with Crippen molar-refractivity contribution in [1.82, 2.24) is 0 Å². The van der Waals surface area contributed by atoms with E-state index in [-0.39, 0.29) is 12.2 Å². The molecule has 0 bridgehead atoms. The lowest BCUT2D eigenvalue weighted by Gasteiger charge is -2.03. The summed E-state index contributed by atoms with van der Waals surface area (Å²) in [6.07, 6.45) is 0.165. The Kier molecular flexibility index (Phi) is 2.52. The monoisotopic (exact) mass is 172 g/mol. The molecule has 0 spiro atoms. The van der Waals surface area contributed by atoms with Crippen molar-refractivity contribution in [2.24, 2.45) is 0 Å². The smallest absolute Gasteiger partial charge is 0.121 e. The van der Waals surface area contributed by atoms with Gasteiger partial charge in [0.1, 0.15) is 5.75 Å². The standard InChI is InChI=1S/C10H8N2O/c1-7-4-8(2-3-11)10(13)5-9(7)6-12/h4-5,13H,2H2,1H3. The first-order valence-electron chi connectivity index (χ1n) is 3.78. The van der Waals surface area contributed by atoms with Crippen LogP contribution in [0.2, 0.25) is 0 Å². The second-order valence-corrected chi connectivity index (χ2v) is 2.74. The Morgan fingerprint density at radius 1 is 1.38 bits per heavy atom. The van der Waals surface area contributed by atoms with Crippen molar-refractivity contribution < 1.29 is 5.11 Å². The molecule has 1 N–H and O–H groups in total. The van der Waals surface area contributed by atoms with Crippen LogP contribution in [0.25, 0.3) is 0 Å². The predicted octanol–water partition coefficient (Wildman–Crippen LogP) is 1.64. The van der Waals surface area contributed by atoms with Gasteiger partial charge < -0.3 is 5.11 Å². The molecule has 0 unspecified atom stereocenters. The number of nitrogens with zero attached hydrogens (tertiary/aromatic N) is 2. The van der Waals surface area contributed by atoms with Crippen LogP contribution in [0.4, 0.5) is 0 Å². The third-order valence-corrected chi connectivity index (χ3v) is 1.82. The summed E-state index contributed by atoms with van der Waals surface area (Å²) in [5, 5.41) is 26.4. The Hall–Kier alpha value is -2.00. The van der Waals surface area contributed by atoms with Crippen molar-refractivity contribution in [2.75, 3.05) is 0 Å². The molecule has 0 radical (unpaired) electrons. The average Bonchev–Trinajstić information content (AvgIpc) is 2.11. The summed E-state index contributed by atoms with van der Waals surface area (Å²) < 4.78 is 0. The Morgan fingerprint density at radius 2 is 2.08 bits per heavy atom. The van der Waals surface area contributed by atoms with Gasteiger partial charge in [0.2, 0.25) is 0 Å². The lowest BCUT2D eigenvalue weighted by atomic mass is 10.0. The number of hydrogen-bond acceptors (Lipinski definition) is 3. The van der Waals surface area contributed by atoms with Gasteiger partial charge in [-0.1, -0.05) is 6.07 Å². The van der Waals surface area contributed by atoms with Crippen molar-refractivity contribution in [2.45, 2.75) is 13.3 Å². The molecule has 0 aliphatic rings. The van der Waals surface area contributed by atoms with E-state index >= 15 is 0 Å². The van der Waals surface area contributed by atoms with E-state index in [9.17, 15) is 5.11 Å². The van der Waals surface area contributed by atoms with Crippen LogP contribution < -0.4 is 0 Å². The van der Waals surface area contributed by atoms with Gasteiger partial charge in [-0.25, -0.2) is 0 Å². The number of rotatable bonds is 1. The molecule has 3 nitrogen and oxygen atoms in total. The highest BCUT2D eigenvalue weighted by Crippen LogP contribution is 2.21. The van der Waals surface area contributed by atoms with E-state index in [0.717, 1.165) is 5.56 Å². The second-order valence-electron chi connectivity index (χ2n) is 2.74. The van der Waals surface area contributed by atoms with E-state index in [1.807, 2.05) is 12.1 Å². The molecule has 3 heteroatoms. The van der Waals surface area contributed by atoms with Gasteiger partial charge in [0.25, 0.3) is 0 Å². The molecule has 0 saturated heterocycles. The van der Waals surface area contributed by atoms with Gasteiger partial charge >= 0.3 is 0 Å². The number of nitriles is 2. The molecule has 0 atom stereocenters. The fraction of sp³-hybridized carbons (Fsp3) is 0.200. The average molecular weight is 172 g/mol. The summed E-state index contributed by atoms with van der Waals surface area (Å²) in [6.45, 7) is 1.78. The normalized spacial score (nSPS) is 8.85. The zero-order valence-electron chi connectivity index (χ0n) is 7.20. The van der Waals surface area contributed by atoms with Gasteiger partial charge in [-0.2, -0.15) is 10.5 Å². The highest BCUT2D eigenvalue weighted by molar-refractivity contribution is 5.47. The molecule has 13 heavy (non-hydrogen) atoms. The zero-order chi connectivity index (χ0) is 9.84. The van der Waals surface area contributed by atoms with Gasteiger partial charge in [-0.05, 0) is 18.6 Å². The fourth-order valence-corrected chi connectivity index (χ4v) is 1.10. The summed E-state index contributed by atoms with van der Waals surface area (Å²) in [7, 11) is 0. The van der Waals surface area contributed by atoms with E-state index in [4.69, 9.17) is 10.5 Å². The Labute approximate surface area is 76.5 Å². The van der Waals surface area contributed by atoms with Crippen LogP contribution in [0.5, 0.6) is 5.75 Å². The van der Waals surface area contributed by atoms with Crippen molar-refractivity contribution in [3.63, 3.8) is 0 Å². The molecule has 64 valence electrons. The largest absolute Gasteiger partial charge is 0.508 e. The summed E-state index contributed by atoms with van der Waals surface area (Å²) in [6, 6.07) is 6.96. The lowest BCUT2D eigenvalue weighted by Crippen LogP contribution is -1.88. The topological polar surface area (TPSA) is 67.8 Å². The van der Waals surface area contributed by atoms with Gasteiger partial charge in [0.05, 0.1) is 24.1 Å². The highest BCUT2D eigenvalue weighted by atomic mass is 16.3. The molecule has 0 fully saturated rings. The van der Waals surface area contributed by atoms with Crippen molar-refractivity contribution in [1.29, 1.82) is 10.5 Å². The van der Waals surface area contributed by atoms with Crippen LogP contribution in [-0.2, 0) is 6.42 Å². The van der Waals surface area contributed by atoms with E-state index in [2.05, 4.69) is 0 Å². The van der Waals surface area contributed by atoms with E-state index < -0.39 is 0 Å². The van der Waals surface area contributed by atoms with Crippen molar-refractivity contribution in [3.8, 4) is 17.9 Å². The van der Waals surface area contributed by atoms with E-state index in [1.54, 1.807) is 13.0 Å². The summed E-state index contributed by atoms with van der Waals surface area (Å²) >= 11 is 0. The van der Waals surface area contributed by atoms with Crippen LogP contribution in [0.15, 0.2) is 12.1 Å². The molecule has 0 aliphatic carbocycles. The maximum Gasteiger partial charge on any atom is 0.121 e. The van der Waals surface area contributed by atoms with Crippen LogP contribution in [0.1, 0.15) is 16.7 Å². The first-order chi connectivity index (χ1) is 6.19.